The lowest BCUT2D eigenvalue weighted by Gasteiger charge is -2.08. The normalized spacial score (nSPS) is 10.2. The van der Waals surface area contributed by atoms with E-state index in [1.54, 1.807) is 12.1 Å². The topological polar surface area (TPSA) is 35.5 Å². The molecule has 3 nitrogen and oxygen atoms in total. The van der Waals surface area contributed by atoms with Crippen molar-refractivity contribution in [3.8, 4) is 23.3 Å². The lowest BCUT2D eigenvalue weighted by Crippen LogP contribution is -2.08. The molecule has 3 aromatic rings. The standard InChI is InChI=1S/C26H21F3O3/c1-2-3-4-17-31-23-16-11-19(24(28)25(23)29)8-5-18-6-9-20(10-7-18)26(30)32-22-14-12-21(27)13-15-22/h6-7,9-16H,2-4,17H2,1H3. The molecule has 0 unspecified atom stereocenters. The predicted molar refractivity (Wildman–Crippen MR) is 115 cm³/mol. The Kier molecular flexibility index (Phi) is 7.93. The van der Waals surface area contributed by atoms with Crippen molar-refractivity contribution in [1.82, 2.24) is 0 Å². The monoisotopic (exact) mass is 438 g/mol. The molecule has 0 amide bonds. The van der Waals surface area contributed by atoms with E-state index < -0.39 is 23.4 Å². The zero-order valence-corrected chi connectivity index (χ0v) is 17.5. The molecule has 0 aliphatic carbocycles. The first-order chi connectivity index (χ1) is 15.5. The molecule has 3 aromatic carbocycles. The minimum absolute atomic E-state index is 0.0943. The van der Waals surface area contributed by atoms with E-state index in [1.165, 1.54) is 48.5 Å². The maximum Gasteiger partial charge on any atom is 0.343 e. The number of rotatable bonds is 7. The molecule has 0 aromatic heterocycles. The molecule has 6 heteroatoms. The van der Waals surface area contributed by atoms with Crippen LogP contribution in [0.1, 0.15) is 47.7 Å². The van der Waals surface area contributed by atoms with Crippen LogP contribution < -0.4 is 9.47 Å². The second kappa shape index (κ2) is 11.1. The van der Waals surface area contributed by atoms with Crippen molar-refractivity contribution in [1.29, 1.82) is 0 Å². The molecule has 0 atom stereocenters. The van der Waals surface area contributed by atoms with Gasteiger partial charge in [-0.05, 0) is 67.1 Å². The second-order valence-corrected chi connectivity index (χ2v) is 6.97. The summed E-state index contributed by atoms with van der Waals surface area (Å²) in [5, 5.41) is 0. The quantitative estimate of drug-likeness (QED) is 0.188. The predicted octanol–water partition coefficient (Wildman–Crippen LogP) is 6.29. The summed E-state index contributed by atoms with van der Waals surface area (Å²) in [5.41, 5.74) is 0.674. The van der Waals surface area contributed by atoms with Crippen molar-refractivity contribution < 1.29 is 27.4 Å². The summed E-state index contributed by atoms with van der Waals surface area (Å²) < 4.78 is 51.9. The Bertz CT molecular complexity index is 1130. The van der Waals surface area contributed by atoms with Crippen LogP contribution in [0.3, 0.4) is 0 Å². The molecular weight excluding hydrogens is 417 g/mol. The number of halogens is 3. The van der Waals surface area contributed by atoms with Crippen LogP contribution in [0.15, 0.2) is 60.7 Å². The SMILES string of the molecule is CCCCCOc1ccc(C#Cc2ccc(C(=O)Oc3ccc(F)cc3)cc2)c(F)c1F. The van der Waals surface area contributed by atoms with Crippen LogP contribution in [-0.2, 0) is 0 Å². The maximum atomic E-state index is 14.3. The molecule has 0 saturated heterocycles. The van der Waals surface area contributed by atoms with Gasteiger partial charge in [0.1, 0.15) is 11.6 Å². The number of hydrogen-bond acceptors (Lipinski definition) is 3. The zero-order valence-electron chi connectivity index (χ0n) is 17.5. The molecule has 0 aliphatic rings. The third kappa shape index (κ3) is 6.14. The first-order valence-corrected chi connectivity index (χ1v) is 10.2. The highest BCUT2D eigenvalue weighted by Gasteiger charge is 2.13. The van der Waals surface area contributed by atoms with Gasteiger partial charge in [0, 0.05) is 5.56 Å². The average Bonchev–Trinajstić information content (AvgIpc) is 2.80. The van der Waals surface area contributed by atoms with E-state index >= 15 is 0 Å². The molecule has 164 valence electrons. The number of hydrogen-bond donors (Lipinski definition) is 0. The highest BCUT2D eigenvalue weighted by atomic mass is 19.2. The number of carbonyl (C=O) groups is 1. The van der Waals surface area contributed by atoms with Crippen LogP contribution in [0, 0.1) is 29.3 Å². The van der Waals surface area contributed by atoms with E-state index in [1.807, 2.05) is 6.92 Å². The summed E-state index contributed by atoms with van der Waals surface area (Å²) in [6.45, 7) is 2.37. The summed E-state index contributed by atoms with van der Waals surface area (Å²) in [7, 11) is 0. The number of esters is 1. The Morgan fingerprint density at radius 1 is 0.844 bits per heavy atom. The summed E-state index contributed by atoms with van der Waals surface area (Å²) in [4.78, 5) is 12.2. The first-order valence-electron chi connectivity index (χ1n) is 10.2. The number of carbonyl (C=O) groups excluding carboxylic acids is 1. The van der Waals surface area contributed by atoms with Crippen molar-refractivity contribution in [2.24, 2.45) is 0 Å². The number of ether oxygens (including phenoxy) is 2. The lowest BCUT2D eigenvalue weighted by atomic mass is 10.1. The van der Waals surface area contributed by atoms with Gasteiger partial charge in [-0.3, -0.25) is 0 Å². The molecule has 0 saturated carbocycles. The molecular formula is C26H21F3O3. The number of benzene rings is 3. The van der Waals surface area contributed by atoms with E-state index in [9.17, 15) is 18.0 Å². The molecule has 0 radical (unpaired) electrons. The first kappa shape index (κ1) is 23.0. The minimum Gasteiger partial charge on any atom is -0.490 e. The van der Waals surface area contributed by atoms with E-state index in [0.29, 0.717) is 12.2 Å². The Morgan fingerprint density at radius 3 is 2.25 bits per heavy atom. The van der Waals surface area contributed by atoms with Gasteiger partial charge in [0.25, 0.3) is 0 Å². The Hall–Kier alpha value is -3.72. The van der Waals surface area contributed by atoms with E-state index in [4.69, 9.17) is 9.47 Å². The molecule has 3 rings (SSSR count). The fourth-order valence-corrected chi connectivity index (χ4v) is 2.77. The van der Waals surface area contributed by atoms with Gasteiger partial charge in [-0.15, -0.1) is 0 Å². The zero-order chi connectivity index (χ0) is 22.9. The summed E-state index contributed by atoms with van der Waals surface area (Å²) in [6.07, 6.45) is 2.73. The summed E-state index contributed by atoms with van der Waals surface area (Å²) in [6, 6.07) is 13.9. The largest absolute Gasteiger partial charge is 0.490 e. The van der Waals surface area contributed by atoms with Crippen LogP contribution in [-0.4, -0.2) is 12.6 Å². The van der Waals surface area contributed by atoms with Crippen LogP contribution in [0.2, 0.25) is 0 Å². The van der Waals surface area contributed by atoms with Gasteiger partial charge in [-0.25, -0.2) is 13.6 Å². The maximum absolute atomic E-state index is 14.3. The minimum atomic E-state index is -1.06. The van der Waals surface area contributed by atoms with Crippen molar-refractivity contribution in [3.63, 3.8) is 0 Å². The average molecular weight is 438 g/mol. The Balaban J connectivity index is 1.65. The van der Waals surface area contributed by atoms with Crippen LogP contribution in [0.4, 0.5) is 13.2 Å². The molecule has 0 aliphatic heterocycles. The van der Waals surface area contributed by atoms with Crippen molar-refractivity contribution in [3.05, 3.63) is 94.8 Å². The lowest BCUT2D eigenvalue weighted by molar-refractivity contribution is 0.0734. The third-order valence-electron chi connectivity index (χ3n) is 4.54. The Morgan fingerprint density at radius 2 is 1.56 bits per heavy atom. The van der Waals surface area contributed by atoms with Gasteiger partial charge in [0.15, 0.2) is 11.6 Å². The van der Waals surface area contributed by atoms with Crippen molar-refractivity contribution in [2.75, 3.05) is 6.61 Å². The molecule has 0 heterocycles. The smallest absolute Gasteiger partial charge is 0.343 e. The van der Waals surface area contributed by atoms with Crippen LogP contribution >= 0.6 is 0 Å². The molecule has 32 heavy (non-hydrogen) atoms. The van der Waals surface area contributed by atoms with Crippen molar-refractivity contribution in [2.45, 2.75) is 26.2 Å². The van der Waals surface area contributed by atoms with E-state index in [0.717, 1.165) is 19.3 Å². The molecule has 0 spiro atoms. The van der Waals surface area contributed by atoms with Gasteiger partial charge in [-0.2, -0.15) is 4.39 Å². The third-order valence-corrected chi connectivity index (χ3v) is 4.54. The summed E-state index contributed by atoms with van der Waals surface area (Å²) in [5.74, 6) is 2.25. The van der Waals surface area contributed by atoms with Crippen molar-refractivity contribution >= 4 is 5.97 Å². The highest BCUT2D eigenvalue weighted by molar-refractivity contribution is 5.91. The highest BCUT2D eigenvalue weighted by Crippen LogP contribution is 2.23. The molecule has 0 N–H and O–H groups in total. The van der Waals surface area contributed by atoms with E-state index in [2.05, 4.69) is 11.8 Å². The fourth-order valence-electron chi connectivity index (χ4n) is 2.77. The molecule has 0 fully saturated rings. The van der Waals surface area contributed by atoms with Gasteiger partial charge in [0.2, 0.25) is 5.82 Å². The Labute approximate surface area is 184 Å². The van der Waals surface area contributed by atoms with E-state index in [-0.39, 0.29) is 22.6 Å². The van der Waals surface area contributed by atoms with Crippen LogP contribution in [0.25, 0.3) is 0 Å². The van der Waals surface area contributed by atoms with Gasteiger partial charge in [-0.1, -0.05) is 31.6 Å². The van der Waals surface area contributed by atoms with Gasteiger partial charge < -0.3 is 9.47 Å². The fraction of sp³-hybridized carbons (Fsp3) is 0.192. The molecule has 0 bridgehead atoms. The summed E-state index contributed by atoms with van der Waals surface area (Å²) >= 11 is 0. The van der Waals surface area contributed by atoms with Gasteiger partial charge in [0.05, 0.1) is 17.7 Å². The van der Waals surface area contributed by atoms with Crippen LogP contribution in [0.5, 0.6) is 11.5 Å². The van der Waals surface area contributed by atoms with Gasteiger partial charge >= 0.3 is 5.97 Å². The second-order valence-electron chi connectivity index (χ2n) is 6.97. The number of unbranched alkanes of at least 4 members (excludes halogenated alkanes) is 2.